The Morgan fingerprint density at radius 3 is 2.00 bits per heavy atom. The second kappa shape index (κ2) is 10.7. The largest absolute Gasteiger partial charge is 0.394 e. The molecule has 4 heteroatoms. The van der Waals surface area contributed by atoms with Crippen LogP contribution in [-0.2, 0) is 14.2 Å². The molecule has 0 rings (SSSR count). The summed E-state index contributed by atoms with van der Waals surface area (Å²) in [5.74, 6) is 0. The van der Waals surface area contributed by atoms with Gasteiger partial charge >= 0.3 is 0 Å². The summed E-state index contributed by atoms with van der Waals surface area (Å²) in [6, 6.07) is 0. The van der Waals surface area contributed by atoms with Gasteiger partial charge in [-0.15, -0.1) is 0 Å². The Balaban J connectivity index is 2.88. The molecule has 0 atom stereocenters. The van der Waals surface area contributed by atoms with Gasteiger partial charge in [-0.1, -0.05) is 12.2 Å². The minimum absolute atomic E-state index is 0.0573. The van der Waals surface area contributed by atoms with Gasteiger partial charge in [-0.05, 0) is 6.92 Å². The summed E-state index contributed by atoms with van der Waals surface area (Å²) in [6.07, 6.45) is 0. The third-order valence-corrected chi connectivity index (χ3v) is 1.33. The predicted octanol–water partition coefficient (Wildman–Crippen LogP) is 0.605. The molecule has 1 N–H and O–H groups in total. The van der Waals surface area contributed by atoms with Crippen molar-refractivity contribution in [2.24, 2.45) is 0 Å². The molecular formula is C10H20O4. The average molecular weight is 204 g/mol. The molecule has 84 valence electrons. The van der Waals surface area contributed by atoms with Gasteiger partial charge in [-0.25, -0.2) is 0 Å². The van der Waals surface area contributed by atoms with E-state index in [1.807, 2.05) is 6.92 Å². The molecule has 0 aliphatic carbocycles. The molecule has 0 bridgehead atoms. The van der Waals surface area contributed by atoms with Crippen LogP contribution in [0.5, 0.6) is 0 Å². The van der Waals surface area contributed by atoms with E-state index in [0.29, 0.717) is 39.6 Å². The smallest absolute Gasteiger partial charge is 0.0704 e. The number of hydrogen-bond donors (Lipinski definition) is 1. The van der Waals surface area contributed by atoms with Crippen LogP contribution in [0, 0.1) is 0 Å². The number of hydrogen-bond acceptors (Lipinski definition) is 4. The fourth-order valence-electron chi connectivity index (χ4n) is 0.751. The number of ether oxygens (including phenoxy) is 3. The first-order valence-electron chi connectivity index (χ1n) is 4.76. The van der Waals surface area contributed by atoms with Gasteiger partial charge in [-0.2, -0.15) is 0 Å². The maximum Gasteiger partial charge on any atom is 0.0704 e. The Labute approximate surface area is 85.5 Å². The van der Waals surface area contributed by atoms with Gasteiger partial charge in [0.1, 0.15) is 0 Å². The number of aliphatic hydroxyl groups is 1. The van der Waals surface area contributed by atoms with E-state index in [4.69, 9.17) is 19.3 Å². The zero-order chi connectivity index (χ0) is 10.6. The molecule has 0 radical (unpaired) electrons. The zero-order valence-electron chi connectivity index (χ0n) is 8.83. The molecule has 14 heavy (non-hydrogen) atoms. The molecule has 0 fully saturated rings. The van der Waals surface area contributed by atoms with Crippen molar-refractivity contribution in [3.05, 3.63) is 12.2 Å². The van der Waals surface area contributed by atoms with Crippen LogP contribution in [-0.4, -0.2) is 51.4 Å². The molecule has 0 aromatic rings. The monoisotopic (exact) mass is 204 g/mol. The Bertz CT molecular complexity index is 136. The van der Waals surface area contributed by atoms with Crippen molar-refractivity contribution < 1.29 is 19.3 Å². The van der Waals surface area contributed by atoms with E-state index in [1.54, 1.807) is 0 Å². The summed E-state index contributed by atoms with van der Waals surface area (Å²) in [4.78, 5) is 0. The van der Waals surface area contributed by atoms with Crippen molar-refractivity contribution in [2.45, 2.75) is 6.92 Å². The summed E-state index contributed by atoms with van der Waals surface area (Å²) in [6.45, 7) is 8.84. The summed E-state index contributed by atoms with van der Waals surface area (Å²) >= 11 is 0. The number of rotatable bonds is 10. The highest BCUT2D eigenvalue weighted by Crippen LogP contribution is 1.88. The lowest BCUT2D eigenvalue weighted by atomic mass is 10.4. The lowest BCUT2D eigenvalue weighted by Gasteiger charge is -2.05. The van der Waals surface area contributed by atoms with E-state index in [-0.39, 0.29) is 6.61 Å². The Morgan fingerprint density at radius 1 is 1.00 bits per heavy atom. The first-order valence-corrected chi connectivity index (χ1v) is 4.76. The maximum absolute atomic E-state index is 8.40. The highest BCUT2D eigenvalue weighted by Gasteiger charge is 1.90. The molecule has 0 heterocycles. The lowest BCUT2D eigenvalue weighted by molar-refractivity contribution is 0.0110. The maximum atomic E-state index is 8.40. The van der Waals surface area contributed by atoms with Gasteiger partial charge < -0.3 is 19.3 Å². The Hall–Kier alpha value is -0.420. The molecule has 0 saturated heterocycles. The first kappa shape index (κ1) is 13.6. The van der Waals surface area contributed by atoms with E-state index in [2.05, 4.69) is 6.58 Å². The molecule has 0 unspecified atom stereocenters. The second-order valence-electron chi connectivity index (χ2n) is 2.96. The van der Waals surface area contributed by atoms with E-state index in [1.165, 1.54) is 0 Å². The molecule has 0 saturated carbocycles. The Morgan fingerprint density at radius 2 is 1.50 bits per heavy atom. The van der Waals surface area contributed by atoms with Crippen molar-refractivity contribution in [3.8, 4) is 0 Å². The molecule has 0 aromatic carbocycles. The van der Waals surface area contributed by atoms with E-state index in [0.717, 1.165) is 5.57 Å². The fourth-order valence-corrected chi connectivity index (χ4v) is 0.751. The first-order chi connectivity index (χ1) is 6.77. The summed E-state index contributed by atoms with van der Waals surface area (Å²) < 4.78 is 15.4. The topological polar surface area (TPSA) is 47.9 Å². The highest BCUT2D eigenvalue weighted by atomic mass is 16.5. The van der Waals surface area contributed by atoms with Crippen molar-refractivity contribution in [2.75, 3.05) is 46.2 Å². The van der Waals surface area contributed by atoms with Crippen LogP contribution >= 0.6 is 0 Å². The van der Waals surface area contributed by atoms with E-state index < -0.39 is 0 Å². The van der Waals surface area contributed by atoms with Crippen LogP contribution in [0.15, 0.2) is 12.2 Å². The SMILES string of the molecule is C=C(C)COCCOCCOCCO. The minimum atomic E-state index is 0.0573. The standard InChI is InChI=1S/C10H20O4/c1-10(2)9-14-8-7-13-6-5-12-4-3-11/h11H,1,3-9H2,2H3. The van der Waals surface area contributed by atoms with Crippen LogP contribution in [0.3, 0.4) is 0 Å². The van der Waals surface area contributed by atoms with Gasteiger partial charge in [0.2, 0.25) is 0 Å². The van der Waals surface area contributed by atoms with Crippen LogP contribution in [0.4, 0.5) is 0 Å². The highest BCUT2D eigenvalue weighted by molar-refractivity contribution is 4.87. The molecule has 0 amide bonds. The summed E-state index contributed by atoms with van der Waals surface area (Å²) in [5.41, 5.74) is 1.01. The fraction of sp³-hybridized carbons (Fsp3) is 0.800. The molecule has 0 aliphatic heterocycles. The third-order valence-electron chi connectivity index (χ3n) is 1.33. The van der Waals surface area contributed by atoms with Gasteiger partial charge in [0, 0.05) is 0 Å². The average Bonchev–Trinajstić information content (AvgIpc) is 2.15. The van der Waals surface area contributed by atoms with E-state index in [9.17, 15) is 0 Å². The molecule has 0 aliphatic rings. The normalized spacial score (nSPS) is 10.4. The second-order valence-corrected chi connectivity index (χ2v) is 2.96. The summed E-state index contributed by atoms with van der Waals surface area (Å²) in [5, 5.41) is 8.40. The van der Waals surface area contributed by atoms with Crippen LogP contribution in [0.25, 0.3) is 0 Å². The molecule has 0 spiro atoms. The minimum Gasteiger partial charge on any atom is -0.394 e. The van der Waals surface area contributed by atoms with Crippen LogP contribution in [0.2, 0.25) is 0 Å². The zero-order valence-corrected chi connectivity index (χ0v) is 8.83. The van der Waals surface area contributed by atoms with Crippen molar-refractivity contribution >= 4 is 0 Å². The molecular weight excluding hydrogens is 184 g/mol. The predicted molar refractivity (Wildman–Crippen MR) is 54.4 cm³/mol. The van der Waals surface area contributed by atoms with Crippen molar-refractivity contribution in [1.82, 2.24) is 0 Å². The number of aliphatic hydroxyl groups excluding tert-OH is 1. The van der Waals surface area contributed by atoms with Gasteiger partial charge in [0.05, 0.1) is 46.2 Å². The van der Waals surface area contributed by atoms with Crippen LogP contribution in [0.1, 0.15) is 6.92 Å². The lowest BCUT2D eigenvalue weighted by Crippen LogP contribution is -2.11. The van der Waals surface area contributed by atoms with Gasteiger partial charge in [0.15, 0.2) is 0 Å². The summed E-state index contributed by atoms with van der Waals surface area (Å²) in [7, 11) is 0. The quantitative estimate of drug-likeness (QED) is 0.418. The van der Waals surface area contributed by atoms with Crippen molar-refractivity contribution in [1.29, 1.82) is 0 Å². The van der Waals surface area contributed by atoms with E-state index >= 15 is 0 Å². The van der Waals surface area contributed by atoms with Gasteiger partial charge in [-0.3, -0.25) is 0 Å². The molecule has 0 aromatic heterocycles. The Kier molecular flexibility index (Phi) is 10.3. The van der Waals surface area contributed by atoms with Crippen LogP contribution < -0.4 is 0 Å². The molecule has 4 nitrogen and oxygen atoms in total. The van der Waals surface area contributed by atoms with Gasteiger partial charge in [0.25, 0.3) is 0 Å². The van der Waals surface area contributed by atoms with Crippen molar-refractivity contribution in [3.63, 3.8) is 0 Å². The third kappa shape index (κ3) is 11.6.